The molecule has 2 heterocycles. The molecule has 4 rings (SSSR count). The van der Waals surface area contributed by atoms with E-state index in [0.29, 0.717) is 38.1 Å². The van der Waals surface area contributed by atoms with Crippen LogP contribution in [0.5, 0.6) is 5.75 Å². The fourth-order valence-electron chi connectivity index (χ4n) is 4.01. The molecular weight excluding hydrogens is 332 g/mol. The predicted octanol–water partition coefficient (Wildman–Crippen LogP) is 1.86. The number of likely N-dealkylation sites (tertiary alicyclic amines) is 2. The Hall–Kier alpha value is -2.63. The Morgan fingerprint density at radius 1 is 1.04 bits per heavy atom. The van der Waals surface area contributed by atoms with Crippen LogP contribution in [0, 0.1) is 11.8 Å². The van der Waals surface area contributed by atoms with Gasteiger partial charge < -0.3 is 9.64 Å². The molecular formula is C20H22N2O4. The molecule has 3 amide bonds. The summed E-state index contributed by atoms with van der Waals surface area (Å²) in [5, 5.41) is 0. The second-order valence-electron chi connectivity index (χ2n) is 7.02. The first-order chi connectivity index (χ1) is 12.6. The van der Waals surface area contributed by atoms with Crippen molar-refractivity contribution in [3.05, 3.63) is 42.0 Å². The Morgan fingerprint density at radius 2 is 1.62 bits per heavy atom. The average molecular weight is 354 g/mol. The van der Waals surface area contributed by atoms with Crippen molar-refractivity contribution < 1.29 is 19.1 Å². The summed E-state index contributed by atoms with van der Waals surface area (Å²) < 4.78 is 5.38. The zero-order valence-electron chi connectivity index (χ0n) is 14.8. The number of nitrogens with zero attached hydrogens (tertiary/aromatic N) is 2. The van der Waals surface area contributed by atoms with E-state index in [1.54, 1.807) is 29.2 Å². The highest BCUT2D eigenvalue weighted by Gasteiger charge is 2.52. The van der Waals surface area contributed by atoms with Gasteiger partial charge in [0.15, 0.2) is 0 Å². The lowest BCUT2D eigenvalue weighted by molar-refractivity contribution is -0.145. The number of fused-ring (bicyclic) bond motifs is 1. The Bertz CT molecular complexity index is 739. The van der Waals surface area contributed by atoms with Crippen molar-refractivity contribution >= 4 is 17.7 Å². The maximum Gasteiger partial charge on any atom is 0.254 e. The quantitative estimate of drug-likeness (QED) is 0.611. The maximum absolute atomic E-state index is 12.6. The van der Waals surface area contributed by atoms with Crippen molar-refractivity contribution in [3.63, 3.8) is 0 Å². The van der Waals surface area contributed by atoms with Gasteiger partial charge in [-0.2, -0.15) is 0 Å². The minimum Gasteiger partial charge on any atom is -0.494 e. The number of imide groups is 1. The molecule has 0 bridgehead atoms. The maximum atomic E-state index is 12.6. The van der Waals surface area contributed by atoms with E-state index in [1.165, 1.54) is 4.90 Å². The zero-order valence-corrected chi connectivity index (χ0v) is 14.8. The molecule has 1 aromatic carbocycles. The summed E-state index contributed by atoms with van der Waals surface area (Å²) in [4.78, 5) is 40.8. The van der Waals surface area contributed by atoms with Crippen LogP contribution in [0.3, 0.4) is 0 Å². The smallest absolute Gasteiger partial charge is 0.254 e. The molecule has 2 saturated heterocycles. The summed E-state index contributed by atoms with van der Waals surface area (Å²) in [7, 11) is 0. The van der Waals surface area contributed by atoms with Crippen molar-refractivity contribution in [2.45, 2.75) is 25.8 Å². The monoisotopic (exact) mass is 354 g/mol. The molecule has 2 unspecified atom stereocenters. The molecule has 2 aliphatic heterocycles. The topological polar surface area (TPSA) is 66.9 Å². The van der Waals surface area contributed by atoms with Gasteiger partial charge in [-0.1, -0.05) is 12.2 Å². The second kappa shape index (κ2) is 6.59. The molecule has 2 atom stereocenters. The van der Waals surface area contributed by atoms with Gasteiger partial charge in [-0.25, -0.2) is 0 Å². The third-order valence-corrected chi connectivity index (χ3v) is 5.47. The largest absolute Gasteiger partial charge is 0.494 e. The number of benzene rings is 1. The van der Waals surface area contributed by atoms with E-state index in [-0.39, 0.29) is 35.6 Å². The standard InChI is InChI=1S/C20H22N2O4/c1-2-26-15-9-7-13(8-10-15)18(23)21-11-14(12-21)22-19(24)16-5-3-4-6-17(16)20(22)25/h3-4,7-10,14,16-17H,2,5-6,11-12H2,1H3. The number of hydrogen-bond donors (Lipinski definition) is 0. The molecule has 26 heavy (non-hydrogen) atoms. The number of carbonyl (C=O) groups excluding carboxylic acids is 3. The summed E-state index contributed by atoms with van der Waals surface area (Å²) in [5.74, 6) is 0.106. The van der Waals surface area contributed by atoms with Gasteiger partial charge in [0, 0.05) is 18.7 Å². The third kappa shape index (κ3) is 2.69. The van der Waals surface area contributed by atoms with Gasteiger partial charge in [-0.3, -0.25) is 19.3 Å². The van der Waals surface area contributed by atoms with Crippen LogP contribution in [0.15, 0.2) is 36.4 Å². The Labute approximate surface area is 152 Å². The lowest BCUT2D eigenvalue weighted by Gasteiger charge is -2.43. The van der Waals surface area contributed by atoms with Gasteiger partial charge in [0.1, 0.15) is 5.75 Å². The van der Waals surface area contributed by atoms with Crippen molar-refractivity contribution in [2.75, 3.05) is 19.7 Å². The average Bonchev–Trinajstić information content (AvgIpc) is 2.87. The first kappa shape index (κ1) is 16.8. The van der Waals surface area contributed by atoms with E-state index < -0.39 is 0 Å². The lowest BCUT2D eigenvalue weighted by Crippen LogP contribution is -2.62. The highest BCUT2D eigenvalue weighted by Crippen LogP contribution is 2.37. The van der Waals surface area contributed by atoms with Crippen LogP contribution in [-0.2, 0) is 9.59 Å². The molecule has 1 aromatic rings. The van der Waals surface area contributed by atoms with E-state index >= 15 is 0 Å². The number of carbonyl (C=O) groups is 3. The molecule has 0 spiro atoms. The van der Waals surface area contributed by atoms with Crippen LogP contribution >= 0.6 is 0 Å². The Morgan fingerprint density at radius 3 is 2.15 bits per heavy atom. The fraction of sp³-hybridized carbons (Fsp3) is 0.450. The number of rotatable bonds is 4. The number of allylic oxidation sites excluding steroid dienone is 2. The molecule has 0 aromatic heterocycles. The van der Waals surface area contributed by atoms with E-state index in [4.69, 9.17) is 4.74 Å². The molecule has 0 radical (unpaired) electrons. The summed E-state index contributed by atoms with van der Waals surface area (Å²) >= 11 is 0. The molecule has 0 N–H and O–H groups in total. The first-order valence-electron chi connectivity index (χ1n) is 9.14. The van der Waals surface area contributed by atoms with Crippen molar-refractivity contribution in [3.8, 4) is 5.75 Å². The van der Waals surface area contributed by atoms with Gasteiger partial charge in [0.05, 0.1) is 24.5 Å². The fourth-order valence-corrected chi connectivity index (χ4v) is 4.01. The van der Waals surface area contributed by atoms with Gasteiger partial charge in [-0.15, -0.1) is 0 Å². The van der Waals surface area contributed by atoms with Crippen LogP contribution in [0.2, 0.25) is 0 Å². The molecule has 136 valence electrons. The van der Waals surface area contributed by atoms with Crippen LogP contribution in [0.25, 0.3) is 0 Å². The molecule has 1 aliphatic carbocycles. The van der Waals surface area contributed by atoms with Gasteiger partial charge in [0.2, 0.25) is 11.8 Å². The summed E-state index contributed by atoms with van der Waals surface area (Å²) in [6, 6.07) is 6.85. The summed E-state index contributed by atoms with van der Waals surface area (Å²) in [6.45, 7) is 3.32. The van der Waals surface area contributed by atoms with E-state index in [9.17, 15) is 14.4 Å². The van der Waals surface area contributed by atoms with Gasteiger partial charge in [-0.05, 0) is 44.0 Å². The molecule has 2 fully saturated rings. The highest BCUT2D eigenvalue weighted by atomic mass is 16.5. The number of amides is 3. The van der Waals surface area contributed by atoms with Gasteiger partial charge in [0.25, 0.3) is 5.91 Å². The second-order valence-corrected chi connectivity index (χ2v) is 7.02. The first-order valence-corrected chi connectivity index (χ1v) is 9.14. The van der Waals surface area contributed by atoms with Gasteiger partial charge >= 0.3 is 0 Å². The van der Waals surface area contributed by atoms with E-state index in [0.717, 1.165) is 5.75 Å². The van der Waals surface area contributed by atoms with E-state index in [1.807, 2.05) is 19.1 Å². The Balaban J connectivity index is 1.38. The predicted molar refractivity (Wildman–Crippen MR) is 94.5 cm³/mol. The van der Waals surface area contributed by atoms with Crippen LogP contribution in [-0.4, -0.2) is 53.3 Å². The minimum atomic E-state index is -0.205. The van der Waals surface area contributed by atoms with Crippen LogP contribution in [0.1, 0.15) is 30.1 Å². The minimum absolute atomic E-state index is 0.0671. The van der Waals surface area contributed by atoms with E-state index in [2.05, 4.69) is 0 Å². The molecule has 0 saturated carbocycles. The SMILES string of the molecule is CCOc1ccc(C(=O)N2CC(N3C(=O)C4CC=CCC4C3=O)C2)cc1. The summed E-state index contributed by atoms with van der Waals surface area (Å²) in [6.07, 6.45) is 5.26. The molecule has 6 nitrogen and oxygen atoms in total. The zero-order chi connectivity index (χ0) is 18.3. The molecule has 3 aliphatic rings. The van der Waals surface area contributed by atoms with Crippen molar-refractivity contribution in [2.24, 2.45) is 11.8 Å². The summed E-state index contributed by atoms with van der Waals surface area (Å²) in [5.41, 5.74) is 0.587. The van der Waals surface area contributed by atoms with Crippen molar-refractivity contribution in [1.29, 1.82) is 0 Å². The number of ether oxygens (including phenoxy) is 1. The normalized spacial score (nSPS) is 25.3. The van der Waals surface area contributed by atoms with Crippen LogP contribution < -0.4 is 4.74 Å². The molecule has 6 heteroatoms. The lowest BCUT2D eigenvalue weighted by atomic mass is 9.85. The highest BCUT2D eigenvalue weighted by molar-refractivity contribution is 6.06. The Kier molecular flexibility index (Phi) is 4.26. The third-order valence-electron chi connectivity index (χ3n) is 5.47. The number of hydrogen-bond acceptors (Lipinski definition) is 4. The van der Waals surface area contributed by atoms with Crippen molar-refractivity contribution in [1.82, 2.24) is 9.80 Å². The van der Waals surface area contributed by atoms with Crippen LogP contribution in [0.4, 0.5) is 0 Å².